The summed E-state index contributed by atoms with van der Waals surface area (Å²) in [6.45, 7) is 7.31. The van der Waals surface area contributed by atoms with Crippen molar-refractivity contribution in [3.8, 4) is 0 Å². The Morgan fingerprint density at radius 1 is 1.25 bits per heavy atom. The quantitative estimate of drug-likeness (QED) is 0.647. The van der Waals surface area contributed by atoms with Crippen LogP contribution in [0.5, 0.6) is 0 Å². The summed E-state index contributed by atoms with van der Waals surface area (Å²) in [7, 11) is 3.02. The number of nitrogens with one attached hydrogen (secondary N) is 1. The fraction of sp³-hybridized carbons (Fsp3) is 0.286. The highest BCUT2D eigenvalue weighted by Gasteiger charge is 2.37. The number of ether oxygens (including phenoxy) is 1. The molecule has 28 heavy (non-hydrogen) atoms. The SMILES string of the molecule is C=CCOC(=O)C1=C(C)Nc2c(c(=O)n(C)c(=O)n2C)C1c1cccc(C)c1. The monoisotopic (exact) mass is 381 g/mol. The molecular formula is C21H23N3O4. The van der Waals surface area contributed by atoms with Gasteiger partial charge in [-0.15, -0.1) is 0 Å². The molecule has 1 aliphatic heterocycles. The fourth-order valence-corrected chi connectivity index (χ4v) is 3.55. The van der Waals surface area contributed by atoms with E-state index in [4.69, 9.17) is 4.74 Å². The van der Waals surface area contributed by atoms with E-state index >= 15 is 0 Å². The van der Waals surface area contributed by atoms with Gasteiger partial charge in [0.1, 0.15) is 12.4 Å². The van der Waals surface area contributed by atoms with Crippen molar-refractivity contribution in [2.75, 3.05) is 11.9 Å². The average molecular weight is 381 g/mol. The summed E-state index contributed by atoms with van der Waals surface area (Å²) >= 11 is 0. The second-order valence-electron chi connectivity index (χ2n) is 6.87. The van der Waals surface area contributed by atoms with Crippen LogP contribution in [0.15, 0.2) is 57.8 Å². The zero-order valence-electron chi connectivity index (χ0n) is 16.4. The molecule has 7 nitrogen and oxygen atoms in total. The van der Waals surface area contributed by atoms with Crippen molar-refractivity contribution < 1.29 is 9.53 Å². The molecule has 0 spiro atoms. The van der Waals surface area contributed by atoms with Crippen molar-refractivity contribution in [2.24, 2.45) is 14.1 Å². The molecular weight excluding hydrogens is 358 g/mol. The Hall–Kier alpha value is -3.35. The molecule has 0 fully saturated rings. The third-order valence-corrected chi connectivity index (χ3v) is 4.91. The van der Waals surface area contributed by atoms with Gasteiger partial charge in [-0.25, -0.2) is 9.59 Å². The second-order valence-corrected chi connectivity index (χ2v) is 6.87. The second kappa shape index (κ2) is 7.34. The summed E-state index contributed by atoms with van der Waals surface area (Å²) in [6.07, 6.45) is 1.49. The van der Waals surface area contributed by atoms with E-state index in [0.717, 1.165) is 15.7 Å². The normalized spacial score (nSPS) is 15.6. The molecule has 3 rings (SSSR count). The fourth-order valence-electron chi connectivity index (χ4n) is 3.55. The van der Waals surface area contributed by atoms with Crippen molar-refractivity contribution in [1.29, 1.82) is 0 Å². The van der Waals surface area contributed by atoms with Gasteiger partial charge >= 0.3 is 11.7 Å². The number of carbonyl (C=O) groups excluding carboxylic acids is 1. The summed E-state index contributed by atoms with van der Waals surface area (Å²) in [5.41, 5.74) is 2.11. The Morgan fingerprint density at radius 3 is 2.61 bits per heavy atom. The molecule has 0 saturated carbocycles. The summed E-state index contributed by atoms with van der Waals surface area (Å²) in [4.78, 5) is 38.3. The third kappa shape index (κ3) is 3.09. The maximum atomic E-state index is 13.1. The zero-order valence-corrected chi connectivity index (χ0v) is 16.4. The maximum absolute atomic E-state index is 13.1. The summed E-state index contributed by atoms with van der Waals surface area (Å²) in [5, 5.41) is 3.06. The van der Waals surface area contributed by atoms with E-state index in [-0.39, 0.29) is 6.61 Å². The minimum Gasteiger partial charge on any atom is -0.458 e. The number of allylic oxidation sites excluding steroid dienone is 1. The Balaban J connectivity index is 2.35. The van der Waals surface area contributed by atoms with Crippen LogP contribution in [-0.2, 0) is 23.6 Å². The van der Waals surface area contributed by atoms with Crippen LogP contribution in [0.1, 0.15) is 29.5 Å². The lowest BCUT2D eigenvalue weighted by molar-refractivity contribution is -0.138. The molecule has 1 atom stereocenters. The van der Waals surface area contributed by atoms with Gasteiger partial charge in [-0.1, -0.05) is 42.5 Å². The first-order valence-electron chi connectivity index (χ1n) is 8.90. The van der Waals surface area contributed by atoms with Gasteiger partial charge in [0.25, 0.3) is 5.56 Å². The minimum atomic E-state index is -0.654. The van der Waals surface area contributed by atoms with Crippen molar-refractivity contribution in [3.63, 3.8) is 0 Å². The molecule has 7 heteroatoms. The van der Waals surface area contributed by atoms with E-state index in [0.29, 0.717) is 22.7 Å². The predicted octanol–water partition coefficient (Wildman–Crippen LogP) is 1.95. The molecule has 2 aromatic rings. The number of carbonyl (C=O) groups is 1. The zero-order chi connectivity index (χ0) is 20.6. The standard InChI is InChI=1S/C21H23N3O4/c1-6-10-28-20(26)15-13(3)22-18-17(19(25)24(5)21(27)23(18)4)16(15)14-9-7-8-12(2)11-14/h6-9,11,16,22H,1,10H2,2-5H3. The lowest BCUT2D eigenvalue weighted by atomic mass is 9.82. The molecule has 0 aliphatic carbocycles. The number of aryl methyl sites for hydroxylation is 1. The molecule has 1 aromatic heterocycles. The van der Waals surface area contributed by atoms with Gasteiger partial charge in [0.15, 0.2) is 0 Å². The Kier molecular flexibility index (Phi) is 5.09. The van der Waals surface area contributed by atoms with Gasteiger partial charge < -0.3 is 10.1 Å². The smallest absolute Gasteiger partial charge is 0.337 e. The number of hydrogen-bond acceptors (Lipinski definition) is 5. The van der Waals surface area contributed by atoms with Gasteiger partial charge in [-0.2, -0.15) is 0 Å². The van der Waals surface area contributed by atoms with Crippen LogP contribution >= 0.6 is 0 Å². The number of nitrogens with zero attached hydrogens (tertiary/aromatic N) is 2. The minimum absolute atomic E-state index is 0.0638. The van der Waals surface area contributed by atoms with Crippen molar-refractivity contribution in [3.05, 3.63) is 85.7 Å². The molecule has 1 N–H and O–H groups in total. The van der Waals surface area contributed by atoms with Gasteiger partial charge in [0.2, 0.25) is 0 Å². The number of benzene rings is 1. The maximum Gasteiger partial charge on any atom is 0.337 e. The van der Waals surface area contributed by atoms with Crippen LogP contribution in [0.4, 0.5) is 5.82 Å². The van der Waals surface area contributed by atoms with E-state index in [2.05, 4.69) is 11.9 Å². The Bertz CT molecular complexity index is 1120. The highest BCUT2D eigenvalue weighted by molar-refractivity contribution is 5.94. The molecule has 146 valence electrons. The van der Waals surface area contributed by atoms with E-state index in [1.165, 1.54) is 17.7 Å². The van der Waals surface area contributed by atoms with Crippen LogP contribution < -0.4 is 16.6 Å². The first kappa shape index (κ1) is 19.4. The predicted molar refractivity (Wildman–Crippen MR) is 107 cm³/mol. The average Bonchev–Trinajstić information content (AvgIpc) is 2.67. The Morgan fingerprint density at radius 2 is 1.96 bits per heavy atom. The Labute approximate surface area is 162 Å². The summed E-state index contributed by atoms with van der Waals surface area (Å²) in [5.74, 6) is -0.797. The molecule has 0 bridgehead atoms. The van der Waals surface area contributed by atoms with Gasteiger partial charge in [0.05, 0.1) is 17.1 Å². The van der Waals surface area contributed by atoms with Crippen LogP contribution in [0.3, 0.4) is 0 Å². The highest BCUT2D eigenvalue weighted by atomic mass is 16.5. The van der Waals surface area contributed by atoms with Gasteiger partial charge in [-0.3, -0.25) is 13.9 Å². The van der Waals surface area contributed by atoms with Crippen molar-refractivity contribution in [2.45, 2.75) is 19.8 Å². The van der Waals surface area contributed by atoms with Crippen LogP contribution in [0, 0.1) is 6.92 Å². The first-order chi connectivity index (χ1) is 13.3. The molecule has 2 heterocycles. The van der Waals surface area contributed by atoms with Crippen molar-refractivity contribution >= 4 is 11.8 Å². The third-order valence-electron chi connectivity index (χ3n) is 4.91. The van der Waals surface area contributed by atoms with E-state index in [9.17, 15) is 14.4 Å². The first-order valence-corrected chi connectivity index (χ1v) is 8.90. The molecule has 0 amide bonds. The topological polar surface area (TPSA) is 82.3 Å². The highest BCUT2D eigenvalue weighted by Crippen LogP contribution is 2.40. The van der Waals surface area contributed by atoms with Crippen molar-refractivity contribution in [1.82, 2.24) is 9.13 Å². The number of aromatic nitrogens is 2. The van der Waals surface area contributed by atoms with Crippen LogP contribution in [-0.4, -0.2) is 21.7 Å². The lowest BCUT2D eigenvalue weighted by Crippen LogP contribution is -2.43. The number of esters is 1. The van der Waals surface area contributed by atoms with Gasteiger partial charge in [-0.05, 0) is 19.4 Å². The summed E-state index contributed by atoms with van der Waals surface area (Å²) < 4.78 is 7.73. The number of anilines is 1. The number of hydrogen-bond donors (Lipinski definition) is 1. The number of rotatable bonds is 4. The molecule has 1 aromatic carbocycles. The lowest BCUT2D eigenvalue weighted by Gasteiger charge is -2.31. The molecule has 1 unspecified atom stereocenters. The van der Waals surface area contributed by atoms with E-state index < -0.39 is 23.1 Å². The number of fused-ring (bicyclic) bond motifs is 1. The molecule has 0 saturated heterocycles. The molecule has 0 radical (unpaired) electrons. The van der Waals surface area contributed by atoms with Crippen LogP contribution in [0.2, 0.25) is 0 Å². The summed E-state index contributed by atoms with van der Waals surface area (Å²) in [6, 6.07) is 7.61. The van der Waals surface area contributed by atoms with E-state index in [1.54, 1.807) is 14.0 Å². The van der Waals surface area contributed by atoms with Gasteiger partial charge in [0, 0.05) is 19.8 Å². The van der Waals surface area contributed by atoms with Crippen LogP contribution in [0.25, 0.3) is 0 Å². The van der Waals surface area contributed by atoms with E-state index in [1.807, 2.05) is 31.2 Å². The molecule has 1 aliphatic rings. The largest absolute Gasteiger partial charge is 0.458 e.